The highest BCUT2D eigenvalue weighted by Crippen LogP contribution is 2.18. The first kappa shape index (κ1) is 11.6. The van der Waals surface area contributed by atoms with Gasteiger partial charge in [-0.2, -0.15) is 10.2 Å². The Bertz CT molecular complexity index is 640. The first-order valence-electron chi connectivity index (χ1n) is 4.93. The van der Waals surface area contributed by atoms with Crippen LogP contribution >= 0.6 is 0 Å². The number of rotatable bonds is 3. The van der Waals surface area contributed by atoms with E-state index in [1.807, 2.05) is 6.92 Å². The lowest BCUT2D eigenvalue weighted by Gasteiger charge is -2.03. The summed E-state index contributed by atoms with van der Waals surface area (Å²) in [5.74, 6) is 0.311. The molecule has 2 aromatic heterocycles. The van der Waals surface area contributed by atoms with Crippen LogP contribution in [-0.4, -0.2) is 28.4 Å². The van der Waals surface area contributed by atoms with Gasteiger partial charge in [-0.25, -0.2) is 8.42 Å². The number of nitrogens with one attached hydrogen (secondary N) is 2. The summed E-state index contributed by atoms with van der Waals surface area (Å²) in [5.41, 5.74) is 1.60. The number of anilines is 1. The molecule has 2 aromatic rings. The molecule has 0 saturated carbocycles. The molecule has 0 unspecified atom stereocenters. The van der Waals surface area contributed by atoms with Crippen LogP contribution in [0.1, 0.15) is 11.3 Å². The molecule has 0 aliphatic carbocycles. The second-order valence-corrected chi connectivity index (χ2v) is 5.46. The molecular formula is C9H13N5O2S. The number of H-pyrrole nitrogens is 1. The van der Waals surface area contributed by atoms with E-state index in [4.69, 9.17) is 0 Å². The van der Waals surface area contributed by atoms with Crippen LogP contribution in [0.4, 0.5) is 5.82 Å². The molecule has 92 valence electrons. The van der Waals surface area contributed by atoms with Crippen LogP contribution in [0.2, 0.25) is 0 Å². The number of sulfonamides is 1. The topological polar surface area (TPSA) is 92.7 Å². The highest BCUT2D eigenvalue weighted by atomic mass is 32.2. The summed E-state index contributed by atoms with van der Waals surface area (Å²) < 4.78 is 27.8. The number of aryl methyl sites for hydroxylation is 2. The van der Waals surface area contributed by atoms with Gasteiger partial charge in [0, 0.05) is 24.5 Å². The van der Waals surface area contributed by atoms with Gasteiger partial charge in [0.25, 0.3) is 10.0 Å². The van der Waals surface area contributed by atoms with Crippen molar-refractivity contribution in [3.05, 3.63) is 23.7 Å². The van der Waals surface area contributed by atoms with E-state index in [9.17, 15) is 8.42 Å². The average Bonchev–Trinajstić information content (AvgIpc) is 2.80. The molecule has 8 heteroatoms. The quantitative estimate of drug-likeness (QED) is 0.838. The van der Waals surface area contributed by atoms with E-state index >= 15 is 0 Å². The van der Waals surface area contributed by atoms with Gasteiger partial charge in [-0.1, -0.05) is 0 Å². The van der Waals surface area contributed by atoms with Crippen molar-refractivity contribution in [2.24, 2.45) is 7.05 Å². The van der Waals surface area contributed by atoms with Crippen molar-refractivity contribution in [1.82, 2.24) is 20.0 Å². The van der Waals surface area contributed by atoms with Gasteiger partial charge in [-0.15, -0.1) is 0 Å². The molecule has 2 rings (SSSR count). The Hall–Kier alpha value is -1.83. The SMILES string of the molecule is Cc1[nH]nc(NS(=O)(=O)c2cnn(C)c2)c1C. The zero-order chi connectivity index (χ0) is 12.6. The Labute approximate surface area is 98.9 Å². The van der Waals surface area contributed by atoms with Gasteiger partial charge in [0.2, 0.25) is 0 Å². The maximum atomic E-state index is 12.0. The fourth-order valence-electron chi connectivity index (χ4n) is 1.31. The van der Waals surface area contributed by atoms with Gasteiger partial charge >= 0.3 is 0 Å². The molecule has 0 aromatic carbocycles. The second kappa shape index (κ2) is 3.88. The molecule has 2 N–H and O–H groups in total. The van der Waals surface area contributed by atoms with Crippen molar-refractivity contribution in [2.75, 3.05) is 4.72 Å². The third-order valence-corrected chi connectivity index (χ3v) is 3.77. The number of hydrogen-bond acceptors (Lipinski definition) is 4. The standard InChI is InChI=1S/C9H13N5O2S/c1-6-7(2)11-12-9(6)13-17(15,16)8-4-10-14(3)5-8/h4-5H,1-3H3,(H2,11,12,13). The summed E-state index contributed by atoms with van der Waals surface area (Å²) in [6.45, 7) is 3.62. The Morgan fingerprint density at radius 1 is 1.41 bits per heavy atom. The first-order valence-corrected chi connectivity index (χ1v) is 6.41. The van der Waals surface area contributed by atoms with E-state index in [2.05, 4.69) is 20.0 Å². The summed E-state index contributed by atoms with van der Waals surface area (Å²) >= 11 is 0. The Morgan fingerprint density at radius 3 is 2.59 bits per heavy atom. The van der Waals surface area contributed by atoms with Crippen LogP contribution in [0, 0.1) is 13.8 Å². The molecule has 2 heterocycles. The normalized spacial score (nSPS) is 11.7. The van der Waals surface area contributed by atoms with Crippen molar-refractivity contribution in [3.63, 3.8) is 0 Å². The predicted octanol–water partition coefficient (Wildman–Crippen LogP) is 0.561. The minimum atomic E-state index is -3.62. The molecular weight excluding hydrogens is 242 g/mol. The minimum Gasteiger partial charge on any atom is -0.280 e. The third-order valence-electron chi connectivity index (χ3n) is 2.48. The van der Waals surface area contributed by atoms with Gasteiger partial charge in [0.05, 0.1) is 6.20 Å². The second-order valence-electron chi connectivity index (χ2n) is 3.78. The van der Waals surface area contributed by atoms with Crippen LogP contribution < -0.4 is 4.72 Å². The molecule has 0 aliphatic heterocycles. The van der Waals surface area contributed by atoms with Crippen molar-refractivity contribution < 1.29 is 8.42 Å². The van der Waals surface area contributed by atoms with Gasteiger partial charge in [0.1, 0.15) is 4.90 Å². The highest BCUT2D eigenvalue weighted by molar-refractivity contribution is 7.92. The van der Waals surface area contributed by atoms with E-state index in [0.29, 0.717) is 5.82 Å². The summed E-state index contributed by atoms with van der Waals surface area (Å²) in [5, 5.41) is 10.4. The molecule has 7 nitrogen and oxygen atoms in total. The summed E-state index contributed by atoms with van der Waals surface area (Å²) in [6.07, 6.45) is 2.72. The van der Waals surface area contributed by atoms with Crippen molar-refractivity contribution >= 4 is 15.8 Å². The zero-order valence-electron chi connectivity index (χ0n) is 9.72. The van der Waals surface area contributed by atoms with E-state index < -0.39 is 10.0 Å². The van der Waals surface area contributed by atoms with Crippen LogP contribution in [0.3, 0.4) is 0 Å². The predicted molar refractivity (Wildman–Crippen MR) is 62.1 cm³/mol. The first-order chi connectivity index (χ1) is 7.90. The molecule has 0 radical (unpaired) electrons. The minimum absolute atomic E-state index is 0.111. The summed E-state index contributed by atoms with van der Waals surface area (Å²) in [6, 6.07) is 0. The summed E-state index contributed by atoms with van der Waals surface area (Å²) in [4.78, 5) is 0.111. The Balaban J connectivity index is 2.33. The van der Waals surface area contributed by atoms with Crippen molar-refractivity contribution in [1.29, 1.82) is 0 Å². The van der Waals surface area contributed by atoms with E-state index in [-0.39, 0.29) is 4.90 Å². The van der Waals surface area contributed by atoms with E-state index in [1.54, 1.807) is 14.0 Å². The van der Waals surface area contributed by atoms with Crippen LogP contribution in [0.25, 0.3) is 0 Å². The molecule has 0 saturated heterocycles. The molecule has 17 heavy (non-hydrogen) atoms. The molecule has 0 amide bonds. The molecule has 0 bridgehead atoms. The lowest BCUT2D eigenvalue weighted by molar-refractivity contribution is 0.601. The zero-order valence-corrected chi connectivity index (χ0v) is 10.5. The average molecular weight is 255 g/mol. The van der Waals surface area contributed by atoms with Gasteiger partial charge in [-0.05, 0) is 13.8 Å². The van der Waals surface area contributed by atoms with Crippen LogP contribution in [-0.2, 0) is 17.1 Å². The number of aromatic nitrogens is 4. The Kier molecular flexibility index (Phi) is 2.66. The smallest absolute Gasteiger partial charge is 0.266 e. The lowest BCUT2D eigenvalue weighted by atomic mass is 10.3. The maximum Gasteiger partial charge on any atom is 0.266 e. The maximum absolute atomic E-state index is 12.0. The Morgan fingerprint density at radius 2 is 2.12 bits per heavy atom. The third kappa shape index (κ3) is 2.16. The molecule has 0 fully saturated rings. The van der Waals surface area contributed by atoms with Crippen LogP contribution in [0.15, 0.2) is 17.3 Å². The van der Waals surface area contributed by atoms with Crippen molar-refractivity contribution in [3.8, 4) is 0 Å². The fourth-order valence-corrected chi connectivity index (χ4v) is 2.36. The molecule has 0 atom stereocenters. The van der Waals surface area contributed by atoms with E-state index in [1.165, 1.54) is 17.1 Å². The van der Waals surface area contributed by atoms with Gasteiger partial charge < -0.3 is 0 Å². The largest absolute Gasteiger partial charge is 0.280 e. The van der Waals surface area contributed by atoms with E-state index in [0.717, 1.165) is 11.3 Å². The monoisotopic (exact) mass is 255 g/mol. The number of hydrogen-bond donors (Lipinski definition) is 2. The number of aromatic amines is 1. The highest BCUT2D eigenvalue weighted by Gasteiger charge is 2.18. The van der Waals surface area contributed by atoms with Crippen LogP contribution in [0.5, 0.6) is 0 Å². The van der Waals surface area contributed by atoms with Crippen molar-refractivity contribution in [2.45, 2.75) is 18.7 Å². The van der Waals surface area contributed by atoms with Gasteiger partial charge in [-0.3, -0.25) is 14.5 Å². The van der Waals surface area contributed by atoms with Gasteiger partial charge in [0.15, 0.2) is 5.82 Å². The number of nitrogens with zero attached hydrogens (tertiary/aromatic N) is 3. The lowest BCUT2D eigenvalue weighted by Crippen LogP contribution is -2.13. The fraction of sp³-hybridized carbons (Fsp3) is 0.333. The molecule has 0 aliphatic rings. The summed E-state index contributed by atoms with van der Waals surface area (Å²) in [7, 11) is -1.96. The molecule has 0 spiro atoms.